The molecule has 0 bridgehead atoms. The fourth-order valence-corrected chi connectivity index (χ4v) is 3.71. The van der Waals surface area contributed by atoms with E-state index in [1.807, 2.05) is 0 Å². The lowest BCUT2D eigenvalue weighted by Crippen LogP contribution is -2.25. The molecule has 3 N–H and O–H groups in total. The molecule has 0 saturated carbocycles. The van der Waals surface area contributed by atoms with Crippen molar-refractivity contribution in [3.05, 3.63) is 27.7 Å². The number of hydrogen-bond donors (Lipinski definition) is 2. The zero-order valence-electron chi connectivity index (χ0n) is 11.9. The topological polar surface area (TPSA) is 81.4 Å². The molecule has 0 atom stereocenters. The number of nitrogens with two attached hydrogens (primary N) is 1. The first-order valence-corrected chi connectivity index (χ1v) is 8.83. The fourth-order valence-electron chi connectivity index (χ4n) is 1.77. The zero-order valence-corrected chi connectivity index (χ0v) is 14.2. The largest absolute Gasteiger partial charge is 0.385 e. The van der Waals surface area contributed by atoms with Gasteiger partial charge in [-0.1, -0.05) is 23.2 Å². The minimum absolute atomic E-state index is 0.00547. The Labute approximate surface area is 135 Å². The molecule has 8 heteroatoms. The Hall–Kier alpha value is -0.370. The molecule has 0 heterocycles. The van der Waals surface area contributed by atoms with E-state index in [1.165, 1.54) is 12.1 Å². The summed E-state index contributed by atoms with van der Waals surface area (Å²) in [5.41, 5.74) is 6.07. The summed E-state index contributed by atoms with van der Waals surface area (Å²) >= 11 is 11.9. The number of methoxy groups -OCH3 is 1. The van der Waals surface area contributed by atoms with E-state index < -0.39 is 10.0 Å². The van der Waals surface area contributed by atoms with Crippen LogP contribution >= 0.6 is 23.2 Å². The molecule has 21 heavy (non-hydrogen) atoms. The average Bonchev–Trinajstić information content (AvgIpc) is 2.42. The van der Waals surface area contributed by atoms with Crippen molar-refractivity contribution in [1.29, 1.82) is 0 Å². The standard InChI is InChI=1S/C13H20Cl2N2O3S/c1-20-6-4-2-3-5-17-21(18,19)13-7-10(9-16)11(14)8-12(13)15/h7-8,17H,2-6,9,16H2,1H3. The molecule has 1 aromatic carbocycles. The van der Waals surface area contributed by atoms with E-state index >= 15 is 0 Å². The van der Waals surface area contributed by atoms with Crippen LogP contribution in [-0.4, -0.2) is 28.7 Å². The van der Waals surface area contributed by atoms with Gasteiger partial charge in [0.1, 0.15) is 4.90 Å². The first-order valence-electron chi connectivity index (χ1n) is 6.59. The monoisotopic (exact) mass is 354 g/mol. The van der Waals surface area contributed by atoms with E-state index in [0.29, 0.717) is 23.7 Å². The van der Waals surface area contributed by atoms with Crippen molar-refractivity contribution < 1.29 is 13.2 Å². The van der Waals surface area contributed by atoms with Gasteiger partial charge in [-0.15, -0.1) is 0 Å². The van der Waals surface area contributed by atoms with Gasteiger partial charge in [0.25, 0.3) is 0 Å². The van der Waals surface area contributed by atoms with Crippen LogP contribution in [-0.2, 0) is 21.3 Å². The number of unbranched alkanes of at least 4 members (excludes halogenated alkanes) is 2. The van der Waals surface area contributed by atoms with Crippen molar-refractivity contribution in [3.8, 4) is 0 Å². The van der Waals surface area contributed by atoms with Crippen molar-refractivity contribution >= 4 is 33.2 Å². The molecule has 0 amide bonds. The Balaban J connectivity index is 2.70. The number of rotatable bonds is 9. The maximum absolute atomic E-state index is 12.2. The summed E-state index contributed by atoms with van der Waals surface area (Å²) < 4.78 is 31.9. The van der Waals surface area contributed by atoms with Gasteiger partial charge >= 0.3 is 0 Å². The lowest BCUT2D eigenvalue weighted by Gasteiger charge is -2.11. The number of hydrogen-bond acceptors (Lipinski definition) is 4. The molecular weight excluding hydrogens is 335 g/mol. The third-order valence-corrected chi connectivity index (χ3v) is 5.21. The molecule has 0 saturated heterocycles. The van der Waals surface area contributed by atoms with Gasteiger partial charge in [-0.25, -0.2) is 13.1 Å². The molecule has 0 radical (unpaired) electrons. The third kappa shape index (κ3) is 5.73. The summed E-state index contributed by atoms with van der Waals surface area (Å²) in [7, 11) is -2.02. The smallest absolute Gasteiger partial charge is 0.242 e. The van der Waals surface area contributed by atoms with E-state index in [4.69, 9.17) is 33.7 Å². The first kappa shape index (κ1) is 18.7. The van der Waals surface area contributed by atoms with Gasteiger partial charge in [0.15, 0.2) is 0 Å². The van der Waals surface area contributed by atoms with E-state index in [1.54, 1.807) is 7.11 Å². The van der Waals surface area contributed by atoms with Crippen LogP contribution in [0.2, 0.25) is 10.0 Å². The quantitative estimate of drug-likeness (QED) is 0.667. The van der Waals surface area contributed by atoms with Crippen LogP contribution in [0, 0.1) is 0 Å². The highest BCUT2D eigenvalue weighted by Crippen LogP contribution is 2.28. The minimum atomic E-state index is -3.66. The van der Waals surface area contributed by atoms with Gasteiger partial charge in [0, 0.05) is 31.8 Å². The van der Waals surface area contributed by atoms with Gasteiger partial charge in [-0.2, -0.15) is 0 Å². The number of ether oxygens (including phenoxy) is 1. The van der Waals surface area contributed by atoms with Crippen molar-refractivity contribution in [2.75, 3.05) is 20.3 Å². The van der Waals surface area contributed by atoms with Crippen molar-refractivity contribution in [3.63, 3.8) is 0 Å². The Bertz CT molecular complexity index is 565. The predicted molar refractivity (Wildman–Crippen MR) is 85.3 cm³/mol. The molecule has 1 rings (SSSR count). The summed E-state index contributed by atoms with van der Waals surface area (Å²) in [6, 6.07) is 2.82. The number of halogens is 2. The van der Waals surface area contributed by atoms with Crippen molar-refractivity contribution in [2.45, 2.75) is 30.7 Å². The van der Waals surface area contributed by atoms with E-state index in [9.17, 15) is 8.42 Å². The molecular formula is C13H20Cl2N2O3S. The first-order chi connectivity index (χ1) is 9.92. The predicted octanol–water partition coefficient (Wildman–Crippen LogP) is 2.55. The summed E-state index contributed by atoms with van der Waals surface area (Å²) in [6.07, 6.45) is 2.52. The van der Waals surface area contributed by atoms with Crippen LogP contribution in [0.1, 0.15) is 24.8 Å². The Morgan fingerprint density at radius 3 is 2.52 bits per heavy atom. The Morgan fingerprint density at radius 1 is 1.19 bits per heavy atom. The Kier molecular flexibility index (Phi) is 7.94. The SMILES string of the molecule is COCCCCCNS(=O)(=O)c1cc(CN)c(Cl)cc1Cl. The zero-order chi connectivity index (χ0) is 15.9. The molecule has 0 aliphatic heterocycles. The highest BCUT2D eigenvalue weighted by molar-refractivity contribution is 7.89. The lowest BCUT2D eigenvalue weighted by atomic mass is 10.2. The van der Waals surface area contributed by atoms with Gasteiger partial charge < -0.3 is 10.5 Å². The van der Waals surface area contributed by atoms with Crippen LogP contribution in [0.5, 0.6) is 0 Å². The normalized spacial score (nSPS) is 11.8. The van der Waals surface area contributed by atoms with Gasteiger partial charge in [0.2, 0.25) is 10.0 Å². The maximum atomic E-state index is 12.2. The second-order valence-electron chi connectivity index (χ2n) is 4.53. The van der Waals surface area contributed by atoms with Crippen LogP contribution in [0.3, 0.4) is 0 Å². The number of sulfonamides is 1. The summed E-state index contributed by atoms with van der Waals surface area (Å²) in [5, 5.41) is 0.449. The highest BCUT2D eigenvalue weighted by atomic mass is 35.5. The molecule has 1 aromatic rings. The summed E-state index contributed by atoms with van der Waals surface area (Å²) in [4.78, 5) is 0.00547. The molecule has 0 fully saturated rings. The third-order valence-electron chi connectivity index (χ3n) is 2.93. The number of benzene rings is 1. The average molecular weight is 355 g/mol. The van der Waals surface area contributed by atoms with Gasteiger partial charge in [0.05, 0.1) is 5.02 Å². The molecule has 0 aliphatic rings. The van der Waals surface area contributed by atoms with Crippen LogP contribution in [0.15, 0.2) is 17.0 Å². The summed E-state index contributed by atoms with van der Waals surface area (Å²) in [6.45, 7) is 1.17. The molecule has 0 aromatic heterocycles. The van der Waals surface area contributed by atoms with E-state index in [-0.39, 0.29) is 16.5 Å². The molecule has 120 valence electrons. The van der Waals surface area contributed by atoms with Crippen LogP contribution < -0.4 is 10.5 Å². The molecule has 0 unspecified atom stereocenters. The van der Waals surface area contributed by atoms with Crippen molar-refractivity contribution in [2.24, 2.45) is 5.73 Å². The fraction of sp³-hybridized carbons (Fsp3) is 0.538. The van der Waals surface area contributed by atoms with Gasteiger partial charge in [-0.05, 0) is 37.0 Å². The molecule has 5 nitrogen and oxygen atoms in total. The van der Waals surface area contributed by atoms with E-state index in [0.717, 1.165) is 19.3 Å². The molecule has 0 spiro atoms. The minimum Gasteiger partial charge on any atom is -0.385 e. The lowest BCUT2D eigenvalue weighted by molar-refractivity contribution is 0.192. The second-order valence-corrected chi connectivity index (χ2v) is 7.08. The summed E-state index contributed by atoms with van der Waals surface area (Å²) in [5.74, 6) is 0. The maximum Gasteiger partial charge on any atom is 0.242 e. The van der Waals surface area contributed by atoms with Crippen molar-refractivity contribution in [1.82, 2.24) is 4.72 Å². The second kappa shape index (κ2) is 8.92. The van der Waals surface area contributed by atoms with Crippen LogP contribution in [0.4, 0.5) is 0 Å². The van der Waals surface area contributed by atoms with E-state index in [2.05, 4.69) is 4.72 Å². The van der Waals surface area contributed by atoms with Crippen LogP contribution in [0.25, 0.3) is 0 Å². The number of nitrogens with one attached hydrogen (secondary N) is 1. The Morgan fingerprint density at radius 2 is 1.90 bits per heavy atom. The van der Waals surface area contributed by atoms with Gasteiger partial charge in [-0.3, -0.25) is 0 Å². The molecule has 0 aliphatic carbocycles. The highest BCUT2D eigenvalue weighted by Gasteiger charge is 2.19.